The molecule has 7 heterocycles. The average molecular weight is 1770 g/mol. The molecule has 5 aromatic rings. The van der Waals surface area contributed by atoms with Crippen LogP contribution >= 0.6 is 0 Å². The molecule has 698 valence electrons. The molecule has 8 N–H and O–H groups in total. The maximum atomic E-state index is 14.8. The first-order valence-corrected chi connectivity index (χ1v) is 44.9. The van der Waals surface area contributed by atoms with E-state index in [2.05, 4.69) is 35.9 Å². The van der Waals surface area contributed by atoms with Gasteiger partial charge in [0.2, 0.25) is 17.6 Å². The number of ether oxygens (including phenoxy) is 12. The summed E-state index contributed by atoms with van der Waals surface area (Å²) in [6, 6.07) is 4.38. The van der Waals surface area contributed by atoms with E-state index in [1.165, 1.54) is 18.3 Å². The molecule has 126 heavy (non-hydrogen) atoms. The van der Waals surface area contributed by atoms with E-state index in [1.807, 2.05) is 76.4 Å². The number of aryl methyl sites for hydroxylation is 2. The predicted molar refractivity (Wildman–Crippen MR) is 468 cm³/mol. The molecule has 9 rings (SSSR count). The maximum absolute atomic E-state index is 14.8. The molecular weight excluding hydrogens is 1630 g/mol. The van der Waals surface area contributed by atoms with Crippen LogP contribution in [0.25, 0.3) is 33.4 Å². The molecule has 3 aliphatic heterocycles. The SMILES string of the molecule is CO[C@H]1C[C@@H]2CC[C@@H](C)[C@@](O)(O2)C(=O)C(=O)N2CCCC[C@H]2C(=O)O[C@H]([C@H](C)C[C@@H]2CC[C@@H](OCCCCc3cn(CCOCCOCCOCCC(=O)NCCOCCOCCOCCC(=O)NCCCCn4nc(-c5ccc6oc(N)nc6c5)c5c(N)ncnc54)nn3)[C@H](OC)C2)CC(=O)[C@H](C)/C=C(\C)[C@@H](O)[C@@H](OC)C(=O)[C@H](C)C[C@H](C)/C=C/C=C/C=C/1C. The van der Waals surface area contributed by atoms with Gasteiger partial charge in [0.1, 0.15) is 53.5 Å². The molecule has 2 saturated heterocycles. The molecule has 1 aromatic carbocycles. The van der Waals surface area contributed by atoms with Crippen molar-refractivity contribution < 1.29 is 105 Å². The number of piperidine rings is 1. The number of aromatic nitrogens is 8. The fraction of sp³-hybridized carbons (Fsp3) is 0.681. The Labute approximate surface area is 739 Å². The quantitative estimate of drug-likeness (QED) is 0.00922. The van der Waals surface area contributed by atoms with E-state index in [0.717, 1.165) is 61.8 Å². The molecule has 4 aliphatic rings. The van der Waals surface area contributed by atoms with Crippen LogP contribution in [0.4, 0.5) is 11.8 Å². The Hall–Kier alpha value is -8.69. The number of fused-ring (bicyclic) bond motifs is 5. The minimum atomic E-state index is -2.47. The second kappa shape index (κ2) is 52.7. The van der Waals surface area contributed by atoms with Gasteiger partial charge in [-0.25, -0.2) is 24.1 Å². The van der Waals surface area contributed by atoms with Gasteiger partial charge < -0.3 is 98.5 Å². The number of carbonyl (C=O) groups is 7. The van der Waals surface area contributed by atoms with E-state index in [1.54, 1.807) is 56.5 Å². The van der Waals surface area contributed by atoms with Crippen LogP contribution in [0.5, 0.6) is 0 Å². The molecule has 35 heteroatoms. The molecule has 1 saturated carbocycles. The summed E-state index contributed by atoms with van der Waals surface area (Å²) in [4.78, 5) is 111. The van der Waals surface area contributed by atoms with E-state index in [-0.39, 0.29) is 105 Å². The number of hydrogen-bond donors (Lipinski definition) is 6. The van der Waals surface area contributed by atoms with Crippen LogP contribution in [0.15, 0.2) is 82.7 Å². The van der Waals surface area contributed by atoms with Crippen molar-refractivity contribution in [2.75, 3.05) is 138 Å². The first-order chi connectivity index (χ1) is 60.8. The van der Waals surface area contributed by atoms with Gasteiger partial charge in [0, 0.05) is 109 Å². The summed E-state index contributed by atoms with van der Waals surface area (Å²) >= 11 is 0. The molecule has 3 fully saturated rings. The molecule has 0 radical (unpaired) electrons. The van der Waals surface area contributed by atoms with E-state index in [4.69, 9.17) is 77.8 Å². The third-order valence-electron chi connectivity index (χ3n) is 24.0. The monoisotopic (exact) mass is 1760 g/mol. The predicted octanol–water partition coefficient (Wildman–Crippen LogP) is 8.52. The number of nitrogens with one attached hydrogen (secondary N) is 2. The summed E-state index contributed by atoms with van der Waals surface area (Å²) in [5, 5.41) is 43.7. The van der Waals surface area contributed by atoms with Gasteiger partial charge in [0.05, 0.1) is 121 Å². The number of nitrogens with two attached hydrogens (primary N) is 2. The van der Waals surface area contributed by atoms with Gasteiger partial charge >= 0.3 is 5.97 Å². The lowest BCUT2D eigenvalue weighted by Gasteiger charge is -2.42. The smallest absolute Gasteiger partial charge is 0.329 e. The molecule has 4 aromatic heterocycles. The number of amides is 3. The Morgan fingerprint density at radius 2 is 1.43 bits per heavy atom. The zero-order chi connectivity index (χ0) is 90.5. The van der Waals surface area contributed by atoms with Gasteiger partial charge in [-0.15, -0.1) is 5.10 Å². The number of oxazole rings is 1. The normalized spacial score (nSPS) is 26.6. The number of Topliss-reactive ketones (excluding diaryl/α,β-unsaturated/α-hetero) is 3. The summed E-state index contributed by atoms with van der Waals surface area (Å²) < 4.78 is 79.4. The van der Waals surface area contributed by atoms with Gasteiger partial charge in [0.15, 0.2) is 17.0 Å². The van der Waals surface area contributed by atoms with Crippen LogP contribution in [0.1, 0.15) is 170 Å². The summed E-state index contributed by atoms with van der Waals surface area (Å²) in [7, 11) is 4.64. The lowest BCUT2D eigenvalue weighted by atomic mass is 9.78. The number of unbranched alkanes of at least 4 members (excludes halogenated alkanes) is 2. The van der Waals surface area contributed by atoms with Gasteiger partial charge in [-0.2, -0.15) is 10.1 Å². The Bertz CT molecular complexity index is 4380. The fourth-order valence-electron chi connectivity index (χ4n) is 16.6. The third-order valence-corrected chi connectivity index (χ3v) is 24.0. The number of cyclic esters (lactones) is 1. The number of ketones is 3. The standard InChI is InChI=1S/C91H137N13O22/c1-59-20-12-11-13-21-60(2)75(114-8)55-69-27-24-65(7)91(113,126-69)85(110)88(111)103-34-17-14-23-71(103)89(112)124-76(56-72(105)61(3)51-64(6)83(109)84(116-10)82(108)63(5)50-59)62(4)52-66-25-28-74(77(53-66)115-9)123-37-19-15-22-68-57-102(101-99-68)36-41-120-45-49-122-47-43-118-39-31-79(107)95-33-40-119-44-48-121-46-42-117-38-30-78(106)94-32-16-18-35-104-87-80(86(92)96-58-97-87)81(100-104)67-26-29-73-70(54-67)98-90(93)125-73/h11-13,20-21,26,29,51,54,57-59,61-63,65-66,69,71,74-77,83-84,109,113H,14-19,22-25,27-28,30-50,52-53,55-56H2,1-10H3,(H2,93,98)(H,94,106)(H,95,107)(H2,92,96,97)/b13-11+,20-12+,60-21+,64-51+/t59-,61-,62-,63-,65-,66+,69+,71+,74-,75+,76+,77-,83-,84+,91-/m1/s1. The van der Waals surface area contributed by atoms with Gasteiger partial charge in [-0.1, -0.05) is 76.3 Å². The molecule has 15 atom stereocenters. The molecular formula is C91H137N13O22. The molecule has 0 unspecified atom stereocenters. The largest absolute Gasteiger partial charge is 0.460 e. The maximum Gasteiger partial charge on any atom is 0.329 e. The number of esters is 1. The van der Waals surface area contributed by atoms with Crippen LogP contribution < -0.4 is 22.1 Å². The molecule has 0 spiro atoms. The first kappa shape index (κ1) is 101. The average Bonchev–Trinajstić information content (AvgIpc) is 1.12. The molecule has 2 bridgehead atoms. The van der Waals surface area contributed by atoms with Gasteiger partial charge in [-0.3, -0.25) is 28.8 Å². The van der Waals surface area contributed by atoms with Crippen molar-refractivity contribution in [2.45, 2.75) is 238 Å². The van der Waals surface area contributed by atoms with Crippen molar-refractivity contribution in [1.29, 1.82) is 0 Å². The summed E-state index contributed by atoms with van der Waals surface area (Å²) in [6.07, 6.45) is 19.3. The minimum absolute atomic E-state index is 0.00767. The first-order valence-electron chi connectivity index (χ1n) is 44.9. The minimum Gasteiger partial charge on any atom is -0.460 e. The number of aliphatic hydroxyl groups excluding tert-OH is 1. The second-order valence-corrected chi connectivity index (χ2v) is 33.7. The Morgan fingerprint density at radius 3 is 2.14 bits per heavy atom. The molecule has 1 aliphatic carbocycles. The molecule has 35 nitrogen and oxygen atoms in total. The number of nitrogens with zero attached hydrogens (tertiary/aromatic N) is 9. The second-order valence-electron chi connectivity index (χ2n) is 33.7. The van der Waals surface area contributed by atoms with Crippen LogP contribution in [0.2, 0.25) is 0 Å². The fourth-order valence-corrected chi connectivity index (χ4v) is 16.6. The van der Waals surface area contributed by atoms with Crippen LogP contribution in [-0.2, 0) is 110 Å². The number of benzene rings is 1. The summed E-state index contributed by atoms with van der Waals surface area (Å²) in [5.41, 5.74) is 17.3. The highest BCUT2D eigenvalue weighted by atomic mass is 16.6. The number of allylic oxidation sites excluding steroid dienone is 6. The van der Waals surface area contributed by atoms with Crippen molar-refractivity contribution in [3.63, 3.8) is 0 Å². The number of nitrogen functional groups attached to an aromatic ring is 2. The van der Waals surface area contributed by atoms with Crippen molar-refractivity contribution in [1.82, 2.24) is 55.3 Å². The lowest BCUT2D eigenvalue weighted by molar-refractivity contribution is -0.265. The number of aliphatic hydroxyl groups is 2. The van der Waals surface area contributed by atoms with Crippen molar-refractivity contribution in [3.8, 4) is 11.3 Å². The third kappa shape index (κ3) is 31.0. The van der Waals surface area contributed by atoms with E-state index in [0.29, 0.717) is 189 Å². The Kier molecular flexibility index (Phi) is 42.3. The zero-order valence-corrected chi connectivity index (χ0v) is 75.3. The highest BCUT2D eigenvalue weighted by Gasteiger charge is 2.53. The number of carbonyl (C=O) groups excluding carboxylic acids is 7. The van der Waals surface area contributed by atoms with Crippen LogP contribution in [-0.4, -0.2) is 277 Å². The summed E-state index contributed by atoms with van der Waals surface area (Å²) in [6.45, 7) is 19.4. The van der Waals surface area contributed by atoms with Crippen LogP contribution in [0, 0.1) is 35.5 Å². The number of rotatable bonds is 42. The van der Waals surface area contributed by atoms with E-state index in [9.17, 15) is 43.8 Å². The summed E-state index contributed by atoms with van der Waals surface area (Å²) in [5.74, 6) is -8.16. The number of anilines is 2. The van der Waals surface area contributed by atoms with Gasteiger partial charge in [-0.05, 0) is 157 Å². The van der Waals surface area contributed by atoms with E-state index < -0.39 is 77.8 Å². The van der Waals surface area contributed by atoms with Crippen molar-refractivity contribution in [2.24, 2.45) is 35.5 Å². The highest BCUT2D eigenvalue weighted by molar-refractivity contribution is 6.39. The van der Waals surface area contributed by atoms with Crippen molar-refractivity contribution in [3.05, 3.63) is 84.0 Å². The Morgan fingerprint density at radius 1 is 0.722 bits per heavy atom. The van der Waals surface area contributed by atoms with E-state index >= 15 is 0 Å². The topological polar surface area (TPSA) is 450 Å². The Balaban J connectivity index is 0.601. The number of hydrogen-bond acceptors (Lipinski definition) is 30. The van der Waals surface area contributed by atoms with Crippen LogP contribution in [0.3, 0.4) is 0 Å². The molecule has 3 amide bonds. The highest BCUT2D eigenvalue weighted by Crippen LogP contribution is 2.40. The zero-order valence-electron chi connectivity index (χ0n) is 75.3. The number of methoxy groups -OCH3 is 3. The van der Waals surface area contributed by atoms with Crippen molar-refractivity contribution >= 4 is 75.0 Å². The lowest BCUT2D eigenvalue weighted by Crippen LogP contribution is -2.61. The van der Waals surface area contributed by atoms with Gasteiger partial charge in [0.25, 0.3) is 17.7 Å².